The van der Waals surface area contributed by atoms with E-state index in [1.54, 1.807) is 0 Å². The Kier molecular flexibility index (Phi) is 3.61. The van der Waals surface area contributed by atoms with Crippen molar-refractivity contribution in [3.05, 3.63) is 35.5 Å². The van der Waals surface area contributed by atoms with Crippen LogP contribution in [0.4, 0.5) is 4.79 Å². The Morgan fingerprint density at radius 2 is 2.11 bits per heavy atom. The van der Waals surface area contributed by atoms with Crippen molar-refractivity contribution in [2.45, 2.75) is 56.5 Å². The van der Waals surface area contributed by atoms with E-state index in [-0.39, 0.29) is 23.3 Å². The quantitative estimate of drug-likeness (QED) is 0.797. The van der Waals surface area contributed by atoms with Gasteiger partial charge in [0.05, 0.1) is 7.11 Å². The Hall–Kier alpha value is -2.50. The molecule has 2 saturated heterocycles. The van der Waals surface area contributed by atoms with Gasteiger partial charge in [-0.05, 0) is 30.9 Å². The van der Waals surface area contributed by atoms with Crippen molar-refractivity contribution in [1.82, 2.24) is 15.2 Å². The van der Waals surface area contributed by atoms with Gasteiger partial charge >= 0.3 is 6.09 Å². The molecule has 2 amide bonds. The van der Waals surface area contributed by atoms with Gasteiger partial charge in [0.15, 0.2) is 0 Å². The largest absolute Gasteiger partial charge is 0.453 e. The molecule has 0 radical (unpaired) electrons. The number of carbonyl (C=O) groups excluding carboxylic acids is 2. The molecule has 3 unspecified atom stereocenters. The molecule has 2 fully saturated rings. The number of piperidine rings is 1. The number of rotatable bonds is 1. The molecule has 3 aliphatic rings. The van der Waals surface area contributed by atoms with Crippen molar-refractivity contribution in [1.29, 1.82) is 0 Å². The third-order valence-corrected chi connectivity index (χ3v) is 7.42. The number of amides is 2. The van der Waals surface area contributed by atoms with Crippen LogP contribution in [0.3, 0.4) is 0 Å². The normalized spacial score (nSPS) is 30.5. The fourth-order valence-electron chi connectivity index (χ4n) is 6.14. The van der Waals surface area contributed by atoms with Gasteiger partial charge in [-0.2, -0.15) is 0 Å². The van der Waals surface area contributed by atoms with Crippen LogP contribution in [0.5, 0.6) is 0 Å². The minimum absolute atomic E-state index is 0.00603. The van der Waals surface area contributed by atoms with Crippen molar-refractivity contribution >= 4 is 22.9 Å². The fraction of sp³-hybridized carbons (Fsp3) is 0.545. The minimum atomic E-state index is -0.963. The standard InChI is InChI=1S/C22H27N3O3/c1-21(2)17-11-13-7-6-10-25(13)19(26)22(17,24-20(27)28-3)12-15-14-8-4-5-9-16(14)23-18(15)21/h4-5,8-9,13,17,23H,6-7,10-12H2,1-3H3,(H,24,27). The van der Waals surface area contributed by atoms with E-state index in [2.05, 4.69) is 36.3 Å². The molecule has 3 atom stereocenters. The lowest BCUT2D eigenvalue weighted by Crippen LogP contribution is -2.73. The van der Waals surface area contributed by atoms with Crippen LogP contribution in [0.2, 0.25) is 0 Å². The van der Waals surface area contributed by atoms with E-state index in [4.69, 9.17) is 4.74 Å². The number of hydrogen-bond acceptors (Lipinski definition) is 3. The molecule has 1 aliphatic carbocycles. The first-order valence-electron chi connectivity index (χ1n) is 10.2. The molecule has 5 rings (SSSR count). The Labute approximate surface area is 164 Å². The van der Waals surface area contributed by atoms with Gasteiger partial charge in [-0.15, -0.1) is 0 Å². The first kappa shape index (κ1) is 17.6. The maximum atomic E-state index is 13.8. The van der Waals surface area contributed by atoms with Crippen molar-refractivity contribution in [2.75, 3.05) is 13.7 Å². The van der Waals surface area contributed by atoms with E-state index in [1.165, 1.54) is 12.8 Å². The zero-order valence-corrected chi connectivity index (χ0v) is 16.7. The second-order valence-electron chi connectivity index (χ2n) is 9.09. The predicted octanol–water partition coefficient (Wildman–Crippen LogP) is 3.11. The van der Waals surface area contributed by atoms with E-state index >= 15 is 0 Å². The molecule has 28 heavy (non-hydrogen) atoms. The predicted molar refractivity (Wildman–Crippen MR) is 106 cm³/mol. The van der Waals surface area contributed by atoms with Crippen LogP contribution in [0.1, 0.15) is 44.4 Å². The maximum absolute atomic E-state index is 13.8. The van der Waals surface area contributed by atoms with Crippen LogP contribution in [-0.4, -0.2) is 47.1 Å². The molecule has 6 heteroatoms. The molecular weight excluding hydrogens is 354 g/mol. The second kappa shape index (κ2) is 5.75. The number of benzene rings is 1. The van der Waals surface area contributed by atoms with Gasteiger partial charge < -0.3 is 19.9 Å². The molecule has 2 aromatic rings. The zero-order valence-electron chi connectivity index (χ0n) is 16.7. The van der Waals surface area contributed by atoms with Gasteiger partial charge in [0, 0.05) is 46.9 Å². The highest BCUT2D eigenvalue weighted by atomic mass is 16.5. The third kappa shape index (κ3) is 2.14. The number of fused-ring (bicyclic) bond motifs is 5. The first-order valence-corrected chi connectivity index (χ1v) is 10.2. The Bertz CT molecular complexity index is 979. The summed E-state index contributed by atoms with van der Waals surface area (Å²) in [5.74, 6) is 0.0622. The summed E-state index contributed by atoms with van der Waals surface area (Å²) in [7, 11) is 1.36. The number of ether oxygens (including phenoxy) is 1. The van der Waals surface area contributed by atoms with Crippen molar-refractivity contribution < 1.29 is 14.3 Å². The van der Waals surface area contributed by atoms with Gasteiger partial charge in [-0.1, -0.05) is 32.0 Å². The topological polar surface area (TPSA) is 74.4 Å². The number of nitrogens with one attached hydrogen (secondary N) is 2. The molecule has 3 heterocycles. The summed E-state index contributed by atoms with van der Waals surface area (Å²) in [6.45, 7) is 5.19. The highest BCUT2D eigenvalue weighted by molar-refractivity contribution is 5.95. The zero-order chi connectivity index (χ0) is 19.7. The van der Waals surface area contributed by atoms with Crippen LogP contribution < -0.4 is 5.32 Å². The van der Waals surface area contributed by atoms with E-state index < -0.39 is 11.6 Å². The van der Waals surface area contributed by atoms with E-state index in [0.717, 1.165) is 42.3 Å². The van der Waals surface area contributed by atoms with Gasteiger partial charge in [-0.3, -0.25) is 4.79 Å². The number of alkyl carbamates (subject to hydrolysis) is 1. The van der Waals surface area contributed by atoms with Crippen LogP contribution >= 0.6 is 0 Å². The fourth-order valence-corrected chi connectivity index (χ4v) is 6.14. The molecule has 0 saturated carbocycles. The summed E-state index contributed by atoms with van der Waals surface area (Å²) in [5, 5.41) is 4.16. The molecule has 0 bridgehead atoms. The molecule has 148 valence electrons. The molecule has 6 nitrogen and oxygen atoms in total. The summed E-state index contributed by atoms with van der Waals surface area (Å²) in [6.07, 6.45) is 2.95. The molecule has 1 aromatic heterocycles. The summed E-state index contributed by atoms with van der Waals surface area (Å²) in [6, 6.07) is 8.49. The number of aromatic amines is 1. The van der Waals surface area contributed by atoms with Gasteiger partial charge in [-0.25, -0.2) is 4.79 Å². The van der Waals surface area contributed by atoms with Gasteiger partial charge in [0.2, 0.25) is 5.91 Å². The lowest BCUT2D eigenvalue weighted by Gasteiger charge is -2.56. The van der Waals surface area contributed by atoms with E-state index in [1.807, 2.05) is 17.0 Å². The highest BCUT2D eigenvalue weighted by Crippen LogP contribution is 2.53. The monoisotopic (exact) mass is 381 g/mol. The molecule has 2 N–H and O–H groups in total. The van der Waals surface area contributed by atoms with E-state index in [0.29, 0.717) is 6.42 Å². The van der Waals surface area contributed by atoms with Crippen LogP contribution in [0, 0.1) is 5.92 Å². The molecule has 1 aromatic carbocycles. The number of carbonyl (C=O) groups is 2. The van der Waals surface area contributed by atoms with Crippen LogP contribution in [0.25, 0.3) is 10.9 Å². The number of H-pyrrole nitrogens is 1. The number of para-hydroxylation sites is 1. The number of methoxy groups -OCH3 is 1. The van der Waals surface area contributed by atoms with Crippen LogP contribution in [-0.2, 0) is 21.4 Å². The SMILES string of the molecule is COC(=O)NC12Cc3c([nH]c4ccccc34)C(C)(C)C1CC1CCCN1C2=O. The molecule has 2 aliphatic heterocycles. The van der Waals surface area contributed by atoms with Crippen molar-refractivity contribution in [3.8, 4) is 0 Å². The number of aromatic nitrogens is 1. The molecular formula is C22H27N3O3. The smallest absolute Gasteiger partial charge is 0.407 e. The minimum Gasteiger partial charge on any atom is -0.453 e. The van der Waals surface area contributed by atoms with Gasteiger partial charge in [0.25, 0.3) is 0 Å². The summed E-state index contributed by atoms with van der Waals surface area (Å²) in [5.41, 5.74) is 2.17. The lowest BCUT2D eigenvalue weighted by atomic mass is 9.55. The Morgan fingerprint density at radius 1 is 1.32 bits per heavy atom. The Morgan fingerprint density at radius 3 is 2.89 bits per heavy atom. The molecule has 0 spiro atoms. The average molecular weight is 381 g/mol. The average Bonchev–Trinajstić information content (AvgIpc) is 3.29. The summed E-state index contributed by atoms with van der Waals surface area (Å²) in [4.78, 5) is 31.8. The summed E-state index contributed by atoms with van der Waals surface area (Å²) < 4.78 is 4.95. The second-order valence-corrected chi connectivity index (χ2v) is 9.09. The number of nitrogens with zero attached hydrogens (tertiary/aromatic N) is 1. The van der Waals surface area contributed by atoms with Crippen molar-refractivity contribution in [2.24, 2.45) is 5.92 Å². The summed E-state index contributed by atoms with van der Waals surface area (Å²) >= 11 is 0. The van der Waals surface area contributed by atoms with E-state index in [9.17, 15) is 9.59 Å². The Balaban J connectivity index is 1.73. The van der Waals surface area contributed by atoms with Gasteiger partial charge in [0.1, 0.15) is 5.54 Å². The third-order valence-electron chi connectivity index (χ3n) is 7.42. The number of hydrogen-bond donors (Lipinski definition) is 2. The maximum Gasteiger partial charge on any atom is 0.407 e. The highest BCUT2D eigenvalue weighted by Gasteiger charge is 2.63. The van der Waals surface area contributed by atoms with Crippen LogP contribution in [0.15, 0.2) is 24.3 Å². The first-order chi connectivity index (χ1) is 13.4. The lowest BCUT2D eigenvalue weighted by molar-refractivity contribution is -0.150. The van der Waals surface area contributed by atoms with Crippen molar-refractivity contribution in [3.63, 3.8) is 0 Å².